The molecule has 2 aliphatic heterocycles. The molecule has 0 saturated carbocycles. The van der Waals surface area contributed by atoms with E-state index in [1.807, 2.05) is 32.0 Å². The normalized spacial score (nSPS) is 18.2. The van der Waals surface area contributed by atoms with Crippen molar-refractivity contribution >= 4 is 15.9 Å². The lowest BCUT2D eigenvalue weighted by atomic mass is 10.0. The van der Waals surface area contributed by atoms with Gasteiger partial charge < -0.3 is 14.8 Å². The fourth-order valence-electron chi connectivity index (χ4n) is 4.07. The number of carbonyl (C=O) groups is 1. The van der Waals surface area contributed by atoms with Crippen LogP contribution in [0.15, 0.2) is 41.3 Å². The van der Waals surface area contributed by atoms with Gasteiger partial charge in [0.2, 0.25) is 10.0 Å². The van der Waals surface area contributed by atoms with Gasteiger partial charge >= 0.3 is 0 Å². The van der Waals surface area contributed by atoms with Gasteiger partial charge in [-0.1, -0.05) is 19.1 Å². The molecule has 0 spiro atoms. The number of amides is 1. The number of hydrogen-bond acceptors (Lipinski definition) is 5. The van der Waals surface area contributed by atoms with Gasteiger partial charge in [0.25, 0.3) is 5.91 Å². The van der Waals surface area contributed by atoms with Crippen LogP contribution in [-0.4, -0.2) is 44.9 Å². The van der Waals surface area contributed by atoms with E-state index in [0.29, 0.717) is 49.3 Å². The number of sulfonamides is 1. The van der Waals surface area contributed by atoms with Crippen LogP contribution in [0.5, 0.6) is 11.5 Å². The van der Waals surface area contributed by atoms with Crippen LogP contribution in [0.1, 0.15) is 54.2 Å². The summed E-state index contributed by atoms with van der Waals surface area (Å²) in [5.41, 5.74) is 1.97. The molecule has 2 aliphatic rings. The van der Waals surface area contributed by atoms with Gasteiger partial charge in [0.1, 0.15) is 13.2 Å². The van der Waals surface area contributed by atoms with Gasteiger partial charge in [-0.2, -0.15) is 4.31 Å². The molecule has 0 unspecified atom stereocenters. The first-order valence-electron chi connectivity index (χ1n) is 11.1. The Morgan fingerprint density at radius 2 is 1.75 bits per heavy atom. The van der Waals surface area contributed by atoms with Crippen LogP contribution in [0.3, 0.4) is 0 Å². The zero-order valence-electron chi connectivity index (χ0n) is 18.8. The Labute approximate surface area is 189 Å². The SMILES string of the molecule is Cc1ccc(S(=O)(=O)N2CCC(C)CC2)cc1C(=O)N[C@@H](C)c1ccc2c(c1)OCCO2. The first-order chi connectivity index (χ1) is 15.3. The molecule has 0 radical (unpaired) electrons. The summed E-state index contributed by atoms with van der Waals surface area (Å²) in [5, 5.41) is 2.98. The van der Waals surface area contributed by atoms with E-state index in [-0.39, 0.29) is 16.8 Å². The third-order valence-electron chi connectivity index (χ3n) is 6.25. The van der Waals surface area contributed by atoms with E-state index in [0.717, 1.165) is 24.0 Å². The largest absolute Gasteiger partial charge is 0.486 e. The van der Waals surface area contributed by atoms with E-state index in [9.17, 15) is 13.2 Å². The van der Waals surface area contributed by atoms with Crippen molar-refractivity contribution in [1.82, 2.24) is 9.62 Å². The molecule has 172 valence electrons. The minimum absolute atomic E-state index is 0.162. The molecule has 1 fully saturated rings. The van der Waals surface area contributed by atoms with Gasteiger partial charge in [-0.3, -0.25) is 4.79 Å². The van der Waals surface area contributed by atoms with E-state index in [1.165, 1.54) is 10.4 Å². The fraction of sp³-hybridized carbons (Fsp3) is 0.458. The van der Waals surface area contributed by atoms with Gasteiger partial charge in [0.15, 0.2) is 11.5 Å². The second-order valence-electron chi connectivity index (χ2n) is 8.66. The zero-order valence-corrected chi connectivity index (χ0v) is 19.6. The van der Waals surface area contributed by atoms with E-state index in [1.54, 1.807) is 12.1 Å². The summed E-state index contributed by atoms with van der Waals surface area (Å²) < 4.78 is 39.0. The monoisotopic (exact) mass is 458 g/mol. The maximum atomic E-state index is 13.1. The first-order valence-corrected chi connectivity index (χ1v) is 12.5. The Morgan fingerprint density at radius 3 is 2.47 bits per heavy atom. The van der Waals surface area contributed by atoms with Crippen molar-refractivity contribution in [3.63, 3.8) is 0 Å². The smallest absolute Gasteiger partial charge is 0.252 e. The second-order valence-corrected chi connectivity index (χ2v) is 10.6. The third kappa shape index (κ3) is 4.61. The van der Waals surface area contributed by atoms with Crippen LogP contribution >= 0.6 is 0 Å². The third-order valence-corrected chi connectivity index (χ3v) is 8.14. The number of nitrogens with one attached hydrogen (secondary N) is 1. The summed E-state index contributed by atoms with van der Waals surface area (Å²) in [6.07, 6.45) is 1.71. The minimum Gasteiger partial charge on any atom is -0.486 e. The minimum atomic E-state index is -3.63. The molecule has 0 aromatic heterocycles. The molecule has 2 aromatic rings. The molecule has 0 bridgehead atoms. The lowest BCUT2D eigenvalue weighted by Gasteiger charge is -2.29. The summed E-state index contributed by atoms with van der Waals surface area (Å²) in [6, 6.07) is 10.1. The van der Waals surface area contributed by atoms with Crippen LogP contribution in [-0.2, 0) is 10.0 Å². The van der Waals surface area contributed by atoms with Crippen LogP contribution in [0.4, 0.5) is 0 Å². The summed E-state index contributed by atoms with van der Waals surface area (Å²) in [5.74, 6) is 1.58. The Kier molecular flexibility index (Phi) is 6.44. The fourth-order valence-corrected chi connectivity index (χ4v) is 5.56. The van der Waals surface area contributed by atoms with Crippen molar-refractivity contribution in [3.8, 4) is 11.5 Å². The number of hydrogen-bond donors (Lipinski definition) is 1. The quantitative estimate of drug-likeness (QED) is 0.739. The molecule has 1 saturated heterocycles. The predicted molar refractivity (Wildman–Crippen MR) is 122 cm³/mol. The summed E-state index contributed by atoms with van der Waals surface area (Å²) in [6.45, 7) is 7.87. The van der Waals surface area contributed by atoms with Crippen molar-refractivity contribution < 1.29 is 22.7 Å². The maximum Gasteiger partial charge on any atom is 0.252 e. The van der Waals surface area contributed by atoms with Crippen molar-refractivity contribution in [2.75, 3.05) is 26.3 Å². The lowest BCUT2D eigenvalue weighted by Crippen LogP contribution is -2.38. The van der Waals surface area contributed by atoms with Crippen LogP contribution in [0.2, 0.25) is 0 Å². The molecule has 1 atom stereocenters. The highest BCUT2D eigenvalue weighted by Gasteiger charge is 2.29. The number of ether oxygens (including phenoxy) is 2. The van der Waals surface area contributed by atoms with Gasteiger partial charge in [-0.15, -0.1) is 0 Å². The van der Waals surface area contributed by atoms with Gasteiger partial charge in [0, 0.05) is 18.7 Å². The number of carbonyl (C=O) groups excluding carboxylic acids is 1. The van der Waals surface area contributed by atoms with Crippen LogP contribution < -0.4 is 14.8 Å². The van der Waals surface area contributed by atoms with Gasteiger partial charge in [-0.25, -0.2) is 8.42 Å². The molecule has 7 nitrogen and oxygen atoms in total. The highest BCUT2D eigenvalue weighted by atomic mass is 32.2. The first kappa shape index (κ1) is 22.6. The Balaban J connectivity index is 1.52. The topological polar surface area (TPSA) is 84.9 Å². The summed E-state index contributed by atoms with van der Waals surface area (Å²) in [7, 11) is -3.63. The molecule has 32 heavy (non-hydrogen) atoms. The zero-order chi connectivity index (χ0) is 22.9. The highest BCUT2D eigenvalue weighted by molar-refractivity contribution is 7.89. The molecule has 0 aliphatic carbocycles. The number of benzene rings is 2. The lowest BCUT2D eigenvalue weighted by molar-refractivity contribution is 0.0939. The Hall–Kier alpha value is -2.58. The molecule has 8 heteroatoms. The summed E-state index contributed by atoms with van der Waals surface area (Å²) in [4.78, 5) is 13.2. The van der Waals surface area contributed by atoms with Crippen LogP contribution in [0.25, 0.3) is 0 Å². The predicted octanol–water partition coefficient (Wildman–Crippen LogP) is 3.68. The number of aryl methyl sites for hydroxylation is 1. The highest BCUT2D eigenvalue weighted by Crippen LogP contribution is 2.33. The van der Waals surface area contributed by atoms with E-state index in [4.69, 9.17) is 9.47 Å². The van der Waals surface area contributed by atoms with E-state index >= 15 is 0 Å². The number of piperidine rings is 1. The Morgan fingerprint density at radius 1 is 1.06 bits per heavy atom. The van der Waals surface area contributed by atoms with Crippen molar-refractivity contribution in [1.29, 1.82) is 0 Å². The van der Waals surface area contributed by atoms with E-state index in [2.05, 4.69) is 12.2 Å². The average molecular weight is 459 g/mol. The molecule has 2 aromatic carbocycles. The average Bonchev–Trinajstić information content (AvgIpc) is 2.79. The van der Waals surface area contributed by atoms with Crippen molar-refractivity contribution in [2.24, 2.45) is 5.92 Å². The standard InChI is InChI=1S/C24H30N2O5S/c1-16-8-10-26(11-9-16)32(28,29)20-6-4-17(2)21(15-20)24(27)25-18(3)19-5-7-22-23(14-19)31-13-12-30-22/h4-7,14-16,18H,8-13H2,1-3H3,(H,25,27)/t18-/m0/s1. The maximum absolute atomic E-state index is 13.1. The van der Waals surface area contributed by atoms with Crippen molar-refractivity contribution in [3.05, 3.63) is 53.1 Å². The summed E-state index contributed by atoms with van der Waals surface area (Å²) >= 11 is 0. The molecular weight excluding hydrogens is 428 g/mol. The number of rotatable bonds is 5. The van der Waals surface area contributed by atoms with E-state index < -0.39 is 10.0 Å². The Bertz CT molecular complexity index is 1110. The molecule has 2 heterocycles. The molecule has 4 rings (SSSR count). The van der Waals surface area contributed by atoms with Gasteiger partial charge in [-0.05, 0) is 68.0 Å². The number of fused-ring (bicyclic) bond motifs is 1. The van der Waals surface area contributed by atoms with Crippen molar-refractivity contribution in [2.45, 2.75) is 44.6 Å². The number of nitrogens with zero attached hydrogens (tertiary/aromatic N) is 1. The molecule has 1 amide bonds. The van der Waals surface area contributed by atoms with Gasteiger partial charge in [0.05, 0.1) is 10.9 Å². The molecule has 1 N–H and O–H groups in total. The molecular formula is C24H30N2O5S. The second kappa shape index (κ2) is 9.11. The van der Waals surface area contributed by atoms with Crippen LogP contribution in [0, 0.1) is 12.8 Å².